The van der Waals surface area contributed by atoms with Crippen molar-refractivity contribution in [1.82, 2.24) is 19.5 Å². The van der Waals surface area contributed by atoms with Crippen molar-refractivity contribution in [3.63, 3.8) is 0 Å². The Hall–Kier alpha value is -1.64. The van der Waals surface area contributed by atoms with E-state index in [1.807, 2.05) is 20.8 Å². The van der Waals surface area contributed by atoms with Crippen molar-refractivity contribution in [3.8, 4) is 6.01 Å². The molecule has 0 spiro atoms. The lowest BCUT2D eigenvalue weighted by Gasteiger charge is -2.16. The van der Waals surface area contributed by atoms with Gasteiger partial charge in [-0.15, -0.1) is 5.10 Å². The van der Waals surface area contributed by atoms with Crippen LogP contribution in [0.4, 0.5) is 0 Å². The lowest BCUT2D eigenvalue weighted by atomic mass is 10.3. The van der Waals surface area contributed by atoms with Crippen LogP contribution >= 0.6 is 11.6 Å². The highest BCUT2D eigenvalue weighted by Crippen LogP contribution is 2.21. The Bertz CT molecular complexity index is 788. The van der Waals surface area contributed by atoms with Gasteiger partial charge < -0.3 is 4.74 Å². The molecular formula is C15H21ClN4O3S. The van der Waals surface area contributed by atoms with Gasteiger partial charge in [-0.25, -0.2) is 13.1 Å². The highest BCUT2D eigenvalue weighted by atomic mass is 35.5. The highest BCUT2D eigenvalue weighted by molar-refractivity contribution is 7.89. The fraction of sp³-hybridized carbons (Fsp3) is 0.467. The maximum absolute atomic E-state index is 12.5. The molecule has 0 unspecified atom stereocenters. The molecule has 2 aromatic rings. The predicted octanol–water partition coefficient (Wildman–Crippen LogP) is 2.78. The van der Waals surface area contributed by atoms with Crippen LogP contribution in [-0.2, 0) is 16.6 Å². The molecule has 0 saturated heterocycles. The molecule has 0 aliphatic carbocycles. The summed E-state index contributed by atoms with van der Waals surface area (Å²) in [5.74, 6) is 0.491. The number of ether oxygens (including phenoxy) is 1. The highest BCUT2D eigenvalue weighted by Gasteiger charge is 2.24. The molecule has 24 heavy (non-hydrogen) atoms. The van der Waals surface area contributed by atoms with Crippen LogP contribution in [0.15, 0.2) is 29.2 Å². The van der Waals surface area contributed by atoms with Gasteiger partial charge in [0.25, 0.3) is 0 Å². The van der Waals surface area contributed by atoms with E-state index in [-0.39, 0.29) is 11.0 Å². The molecule has 1 heterocycles. The molecule has 0 fully saturated rings. The van der Waals surface area contributed by atoms with Gasteiger partial charge >= 0.3 is 6.01 Å². The molecule has 1 aromatic heterocycles. The largest absolute Gasteiger partial charge is 0.461 e. The van der Waals surface area contributed by atoms with Crippen LogP contribution in [0.1, 0.15) is 39.6 Å². The third kappa shape index (κ3) is 4.25. The average Bonchev–Trinajstić information content (AvgIpc) is 2.89. The summed E-state index contributed by atoms with van der Waals surface area (Å²) in [5, 5.41) is 8.55. The van der Waals surface area contributed by atoms with Crippen molar-refractivity contribution in [2.24, 2.45) is 0 Å². The van der Waals surface area contributed by atoms with Crippen molar-refractivity contribution in [2.45, 2.75) is 51.3 Å². The molecule has 0 saturated carbocycles. The van der Waals surface area contributed by atoms with Gasteiger partial charge in [0.2, 0.25) is 10.0 Å². The van der Waals surface area contributed by atoms with Gasteiger partial charge in [-0.1, -0.05) is 16.7 Å². The average molecular weight is 373 g/mol. The molecule has 1 atom stereocenters. The van der Waals surface area contributed by atoms with Crippen LogP contribution in [0.25, 0.3) is 0 Å². The number of aromatic nitrogens is 3. The molecule has 132 valence electrons. The summed E-state index contributed by atoms with van der Waals surface area (Å²) in [6.07, 6.45) is -0.0478. The van der Waals surface area contributed by atoms with Gasteiger partial charge in [-0.05, 0) is 52.0 Å². The quantitative estimate of drug-likeness (QED) is 0.807. The zero-order chi connectivity index (χ0) is 17.9. The van der Waals surface area contributed by atoms with E-state index in [4.69, 9.17) is 16.3 Å². The van der Waals surface area contributed by atoms with E-state index in [1.54, 1.807) is 11.5 Å². The van der Waals surface area contributed by atoms with Crippen molar-refractivity contribution in [3.05, 3.63) is 35.1 Å². The summed E-state index contributed by atoms with van der Waals surface area (Å²) in [4.78, 5) is 0.139. The van der Waals surface area contributed by atoms with Gasteiger partial charge in [0, 0.05) is 11.6 Å². The van der Waals surface area contributed by atoms with E-state index < -0.39 is 16.1 Å². The van der Waals surface area contributed by atoms with Gasteiger partial charge in [0.15, 0.2) is 5.82 Å². The molecule has 1 aromatic carbocycles. The Labute approximate surface area is 147 Å². The van der Waals surface area contributed by atoms with E-state index in [2.05, 4.69) is 14.9 Å². The van der Waals surface area contributed by atoms with Crippen molar-refractivity contribution >= 4 is 21.6 Å². The number of sulfonamides is 1. The standard InChI is InChI=1S/C15H21ClN4O3S/c1-5-20-14(17-18-15(20)23-10(2)3)11(4)19-24(21,22)13-8-6-12(16)7-9-13/h6-11,19H,5H2,1-4H3/t11-/m1/s1. The Balaban J connectivity index is 2.24. The van der Waals surface area contributed by atoms with E-state index >= 15 is 0 Å². The fourth-order valence-electron chi connectivity index (χ4n) is 2.18. The molecule has 9 heteroatoms. The van der Waals surface area contributed by atoms with Crippen LogP contribution in [0, 0.1) is 0 Å². The zero-order valence-electron chi connectivity index (χ0n) is 14.0. The number of nitrogens with one attached hydrogen (secondary N) is 1. The smallest absolute Gasteiger partial charge is 0.317 e. The Morgan fingerprint density at radius 3 is 2.38 bits per heavy atom. The first-order valence-corrected chi connectivity index (χ1v) is 9.48. The van der Waals surface area contributed by atoms with Crippen molar-refractivity contribution < 1.29 is 13.2 Å². The Morgan fingerprint density at radius 1 is 1.21 bits per heavy atom. The Morgan fingerprint density at radius 2 is 1.83 bits per heavy atom. The van der Waals surface area contributed by atoms with E-state index in [0.29, 0.717) is 23.4 Å². The number of hydrogen-bond acceptors (Lipinski definition) is 5. The first-order valence-electron chi connectivity index (χ1n) is 7.62. The van der Waals surface area contributed by atoms with E-state index in [9.17, 15) is 8.42 Å². The number of halogens is 1. The summed E-state index contributed by atoms with van der Waals surface area (Å²) >= 11 is 5.80. The summed E-state index contributed by atoms with van der Waals surface area (Å²) < 4.78 is 34.9. The lowest BCUT2D eigenvalue weighted by Crippen LogP contribution is -2.29. The molecule has 0 radical (unpaired) electrons. The number of hydrogen-bond donors (Lipinski definition) is 1. The van der Waals surface area contributed by atoms with Crippen LogP contribution < -0.4 is 9.46 Å². The fourth-order valence-corrected chi connectivity index (χ4v) is 3.51. The molecule has 1 N–H and O–H groups in total. The third-order valence-corrected chi connectivity index (χ3v) is 5.05. The molecular weight excluding hydrogens is 352 g/mol. The van der Waals surface area contributed by atoms with E-state index in [1.165, 1.54) is 24.3 Å². The Kier molecular flexibility index (Phi) is 5.84. The zero-order valence-corrected chi connectivity index (χ0v) is 15.6. The molecule has 0 aliphatic rings. The topological polar surface area (TPSA) is 86.1 Å². The monoisotopic (exact) mass is 372 g/mol. The second-order valence-corrected chi connectivity index (χ2v) is 7.70. The first kappa shape index (κ1) is 18.7. The normalized spacial score (nSPS) is 13.2. The summed E-state index contributed by atoms with van der Waals surface area (Å²) in [6, 6.07) is 5.78. The lowest BCUT2D eigenvalue weighted by molar-refractivity contribution is 0.211. The number of benzene rings is 1. The van der Waals surface area contributed by atoms with Gasteiger partial charge in [0.1, 0.15) is 0 Å². The molecule has 0 amide bonds. The second kappa shape index (κ2) is 7.50. The maximum atomic E-state index is 12.5. The molecule has 7 nitrogen and oxygen atoms in total. The minimum absolute atomic E-state index is 0.0478. The van der Waals surface area contributed by atoms with Crippen molar-refractivity contribution in [2.75, 3.05) is 0 Å². The van der Waals surface area contributed by atoms with Gasteiger partial charge in [-0.2, -0.15) is 0 Å². The minimum atomic E-state index is -3.69. The first-order chi connectivity index (χ1) is 11.2. The predicted molar refractivity (Wildman–Crippen MR) is 91.6 cm³/mol. The van der Waals surface area contributed by atoms with Gasteiger partial charge in [-0.3, -0.25) is 4.57 Å². The van der Waals surface area contributed by atoms with Crippen LogP contribution in [0.3, 0.4) is 0 Å². The van der Waals surface area contributed by atoms with Crippen LogP contribution in [-0.4, -0.2) is 29.3 Å². The van der Waals surface area contributed by atoms with Crippen LogP contribution in [0.5, 0.6) is 6.01 Å². The molecule has 0 aliphatic heterocycles. The maximum Gasteiger partial charge on any atom is 0.317 e. The van der Waals surface area contributed by atoms with Gasteiger partial charge in [0.05, 0.1) is 17.0 Å². The molecule has 0 bridgehead atoms. The molecule has 2 rings (SSSR count). The number of rotatable bonds is 7. The SMILES string of the molecule is CCn1c(OC(C)C)nnc1[C@@H](C)NS(=O)(=O)c1ccc(Cl)cc1. The second-order valence-electron chi connectivity index (χ2n) is 5.55. The summed E-state index contributed by atoms with van der Waals surface area (Å²) in [6.45, 7) is 7.97. The number of nitrogens with zero attached hydrogens (tertiary/aromatic N) is 3. The van der Waals surface area contributed by atoms with E-state index in [0.717, 1.165) is 0 Å². The summed E-state index contributed by atoms with van der Waals surface area (Å²) in [5.41, 5.74) is 0. The van der Waals surface area contributed by atoms with Crippen molar-refractivity contribution in [1.29, 1.82) is 0 Å². The third-order valence-electron chi connectivity index (χ3n) is 3.25. The van der Waals surface area contributed by atoms with Crippen LogP contribution in [0.2, 0.25) is 5.02 Å². The summed E-state index contributed by atoms with van der Waals surface area (Å²) in [7, 11) is -3.69. The minimum Gasteiger partial charge on any atom is -0.461 e.